The highest BCUT2D eigenvalue weighted by atomic mass is 16.7. The van der Waals surface area contributed by atoms with Crippen LogP contribution in [-0.2, 0) is 28.5 Å². The van der Waals surface area contributed by atoms with E-state index in [1.54, 1.807) is 0 Å². The maximum Gasteiger partial charge on any atom is 0.508 e. The number of hydrogen-bond donors (Lipinski definition) is 0. The summed E-state index contributed by atoms with van der Waals surface area (Å²) in [5.41, 5.74) is 0. The van der Waals surface area contributed by atoms with Crippen LogP contribution in [0.1, 0.15) is 305 Å². The topological polar surface area (TPSA) is 94.6 Å². The first-order valence-corrected chi connectivity index (χ1v) is 31.4. The second-order valence-corrected chi connectivity index (χ2v) is 21.5. The molecule has 9 heteroatoms. The van der Waals surface area contributed by atoms with Gasteiger partial charge in [0, 0.05) is 32.5 Å². The number of carbonyl (C=O) groups is 3. The molecule has 71 heavy (non-hydrogen) atoms. The lowest BCUT2D eigenvalue weighted by atomic mass is 9.91. The van der Waals surface area contributed by atoms with Gasteiger partial charge in [0.2, 0.25) is 0 Å². The van der Waals surface area contributed by atoms with E-state index >= 15 is 0 Å². The highest BCUT2D eigenvalue weighted by Crippen LogP contribution is 2.25. The van der Waals surface area contributed by atoms with Gasteiger partial charge in [-0.1, -0.05) is 228 Å². The average Bonchev–Trinajstić information content (AvgIpc) is 3.36. The summed E-state index contributed by atoms with van der Waals surface area (Å²) < 4.78 is 23.2. The molecular formula is C62H122N2O7. The predicted molar refractivity (Wildman–Crippen MR) is 302 cm³/mol. The van der Waals surface area contributed by atoms with Crippen LogP contribution >= 0.6 is 0 Å². The lowest BCUT2D eigenvalue weighted by Gasteiger charge is -2.25. The quantitative estimate of drug-likeness (QED) is 0.0335. The minimum Gasteiger partial charge on any atom is -0.466 e. The molecule has 0 aromatic carbocycles. The van der Waals surface area contributed by atoms with Crippen molar-refractivity contribution in [3.8, 4) is 0 Å². The summed E-state index contributed by atoms with van der Waals surface area (Å²) in [5.74, 6) is 0.862. The highest BCUT2D eigenvalue weighted by Gasteiger charge is 2.19. The third-order valence-electron chi connectivity index (χ3n) is 15.1. The Labute approximate surface area is 441 Å². The molecule has 0 aliphatic heterocycles. The Bertz CT molecular complexity index is 1040. The normalized spacial score (nSPS) is 11.8. The van der Waals surface area contributed by atoms with Gasteiger partial charge in [0.05, 0.1) is 13.2 Å². The molecule has 0 amide bonds. The van der Waals surface area contributed by atoms with Crippen molar-refractivity contribution in [2.75, 3.05) is 59.1 Å². The van der Waals surface area contributed by atoms with E-state index in [9.17, 15) is 14.4 Å². The molecule has 0 spiro atoms. The fourth-order valence-corrected chi connectivity index (χ4v) is 10.1. The molecule has 0 N–H and O–H groups in total. The molecule has 0 fully saturated rings. The number of esters is 2. The molecule has 0 aliphatic carbocycles. The molecule has 0 unspecified atom stereocenters. The highest BCUT2D eigenvalue weighted by molar-refractivity contribution is 5.70. The largest absolute Gasteiger partial charge is 0.508 e. The lowest BCUT2D eigenvalue weighted by Crippen LogP contribution is -2.37. The van der Waals surface area contributed by atoms with E-state index < -0.39 is 6.16 Å². The fraction of sp³-hybridized carbons (Fsp3) is 0.952. The van der Waals surface area contributed by atoms with E-state index in [1.165, 1.54) is 154 Å². The smallest absolute Gasteiger partial charge is 0.466 e. The monoisotopic (exact) mass is 1010 g/mol. The van der Waals surface area contributed by atoms with Crippen LogP contribution in [0.15, 0.2) is 0 Å². The second kappa shape index (κ2) is 54.4. The van der Waals surface area contributed by atoms with Crippen molar-refractivity contribution in [1.29, 1.82) is 0 Å². The maximum atomic E-state index is 13.0. The van der Waals surface area contributed by atoms with Crippen LogP contribution in [0.3, 0.4) is 0 Å². The average molecular weight is 1010 g/mol. The number of hydrogen-bond acceptors (Lipinski definition) is 9. The number of unbranched alkanes of at least 4 members (excludes halogenated alkanes) is 26. The van der Waals surface area contributed by atoms with Crippen molar-refractivity contribution in [2.24, 2.45) is 11.8 Å². The van der Waals surface area contributed by atoms with Crippen molar-refractivity contribution in [3.63, 3.8) is 0 Å². The Hall–Kier alpha value is -1.87. The summed E-state index contributed by atoms with van der Waals surface area (Å²) >= 11 is 0. The fourth-order valence-electron chi connectivity index (χ4n) is 10.1. The SMILES string of the molecule is CCCCCCCCC(CCCCCCCC)CC(=O)OCCCCCCC(CCCCCCOC(=O)CC(CCCCCCCC)CCCCCCCC)OC(=O)OCCN(CC)CCN(CC)CC. The molecule has 0 atom stereocenters. The van der Waals surface area contributed by atoms with Crippen molar-refractivity contribution < 1.29 is 33.3 Å². The zero-order valence-corrected chi connectivity index (χ0v) is 48.6. The summed E-state index contributed by atoms with van der Waals surface area (Å²) in [7, 11) is 0. The van der Waals surface area contributed by atoms with Gasteiger partial charge >= 0.3 is 18.1 Å². The molecule has 0 aromatic heterocycles. The Morgan fingerprint density at radius 3 is 0.986 bits per heavy atom. The van der Waals surface area contributed by atoms with Gasteiger partial charge in [-0.15, -0.1) is 0 Å². The Morgan fingerprint density at radius 1 is 0.324 bits per heavy atom. The molecule has 0 rings (SSSR count). The Balaban J connectivity index is 4.97. The first kappa shape index (κ1) is 69.1. The molecule has 9 nitrogen and oxygen atoms in total. The predicted octanol–water partition coefficient (Wildman–Crippen LogP) is 18.2. The summed E-state index contributed by atoms with van der Waals surface area (Å²) in [6.07, 6.45) is 45.2. The molecule has 0 bridgehead atoms. The van der Waals surface area contributed by atoms with E-state index in [-0.39, 0.29) is 18.0 Å². The van der Waals surface area contributed by atoms with E-state index in [0.717, 1.165) is 123 Å². The van der Waals surface area contributed by atoms with Gasteiger partial charge < -0.3 is 23.8 Å². The van der Waals surface area contributed by atoms with Gasteiger partial charge in [0.1, 0.15) is 12.7 Å². The van der Waals surface area contributed by atoms with E-state index in [2.05, 4.69) is 58.3 Å². The molecule has 0 heterocycles. The van der Waals surface area contributed by atoms with E-state index in [0.29, 0.717) is 51.0 Å². The van der Waals surface area contributed by atoms with E-state index in [4.69, 9.17) is 18.9 Å². The van der Waals surface area contributed by atoms with Crippen LogP contribution in [0.5, 0.6) is 0 Å². The van der Waals surface area contributed by atoms with Crippen LogP contribution in [-0.4, -0.2) is 93.1 Å². The van der Waals surface area contributed by atoms with E-state index in [1.807, 2.05) is 0 Å². The van der Waals surface area contributed by atoms with Crippen LogP contribution < -0.4 is 0 Å². The van der Waals surface area contributed by atoms with Gasteiger partial charge in [-0.2, -0.15) is 0 Å². The van der Waals surface area contributed by atoms with Crippen LogP contribution in [0, 0.1) is 11.8 Å². The lowest BCUT2D eigenvalue weighted by molar-refractivity contribution is -0.146. The summed E-state index contributed by atoms with van der Waals surface area (Å²) in [4.78, 5) is 43.7. The maximum absolute atomic E-state index is 13.0. The van der Waals surface area contributed by atoms with Crippen molar-refractivity contribution in [3.05, 3.63) is 0 Å². The Kier molecular flexibility index (Phi) is 53.0. The number of ether oxygens (including phenoxy) is 4. The third-order valence-corrected chi connectivity index (χ3v) is 15.1. The molecule has 422 valence electrons. The minimum absolute atomic E-state index is 0.0192. The van der Waals surface area contributed by atoms with Crippen LogP contribution in [0.4, 0.5) is 4.79 Å². The molecule has 0 radical (unpaired) electrons. The van der Waals surface area contributed by atoms with Crippen molar-refractivity contribution >= 4 is 18.1 Å². The van der Waals surface area contributed by atoms with Gasteiger partial charge in [0.15, 0.2) is 0 Å². The van der Waals surface area contributed by atoms with Gasteiger partial charge in [-0.05, 0) is 95.7 Å². The first-order valence-electron chi connectivity index (χ1n) is 31.4. The number of carbonyl (C=O) groups excluding carboxylic acids is 3. The number of nitrogens with zero attached hydrogens (tertiary/aromatic N) is 2. The minimum atomic E-state index is -0.564. The van der Waals surface area contributed by atoms with Gasteiger partial charge in [0.25, 0.3) is 0 Å². The molecule has 0 aliphatic rings. The van der Waals surface area contributed by atoms with Crippen molar-refractivity contribution in [2.45, 2.75) is 311 Å². The molecule has 0 aromatic rings. The number of rotatable bonds is 56. The molecule has 0 saturated carbocycles. The van der Waals surface area contributed by atoms with Crippen molar-refractivity contribution in [1.82, 2.24) is 9.80 Å². The van der Waals surface area contributed by atoms with Crippen LogP contribution in [0.2, 0.25) is 0 Å². The Morgan fingerprint density at radius 2 is 0.634 bits per heavy atom. The summed E-state index contributed by atoms with van der Waals surface area (Å²) in [6.45, 7) is 22.6. The summed E-state index contributed by atoms with van der Waals surface area (Å²) in [5, 5.41) is 0. The zero-order chi connectivity index (χ0) is 52.1. The zero-order valence-electron chi connectivity index (χ0n) is 48.6. The third kappa shape index (κ3) is 47.6. The standard InChI is InChI=1S/C62H122N2O7/c1-8-15-19-23-27-35-43-57(44-36-28-24-20-16-9-2)55-60(65)68-52-41-33-31-39-47-59(71-62(67)70-54-51-64(14-7)50-49-63(12-5)13-6)48-40-32-34-42-53-69-61(66)56-58(45-37-29-25-21-17-10-3)46-38-30-26-22-18-11-4/h57-59H,8-56H2,1-7H3. The first-order chi connectivity index (χ1) is 34.8. The van der Waals surface area contributed by atoms with Gasteiger partial charge in [-0.3, -0.25) is 14.5 Å². The second-order valence-electron chi connectivity index (χ2n) is 21.5. The molecular weight excluding hydrogens is 885 g/mol. The number of likely N-dealkylation sites (N-methyl/N-ethyl adjacent to an activating group) is 2. The van der Waals surface area contributed by atoms with Gasteiger partial charge in [-0.25, -0.2) is 4.79 Å². The van der Waals surface area contributed by atoms with Crippen LogP contribution in [0.25, 0.3) is 0 Å². The summed E-state index contributed by atoms with van der Waals surface area (Å²) in [6, 6.07) is 0. The molecule has 0 saturated heterocycles.